The maximum absolute atomic E-state index is 12.3. The molecule has 0 aliphatic carbocycles. The maximum atomic E-state index is 12.3. The molecule has 0 aromatic heterocycles. The molecule has 2 aromatic rings. The van der Waals surface area contributed by atoms with Gasteiger partial charge in [0.05, 0.1) is 11.3 Å². The minimum absolute atomic E-state index is 0.126. The van der Waals surface area contributed by atoms with Crippen LogP contribution in [0.25, 0.3) is 0 Å². The SMILES string of the molecule is O=C1Cc2cc(S(=O)(=O)NCc3ccc(Cl)cc3)ccc2N1. The Morgan fingerprint density at radius 3 is 2.59 bits per heavy atom. The van der Waals surface area contributed by atoms with Crippen LogP contribution in [-0.4, -0.2) is 14.3 Å². The summed E-state index contributed by atoms with van der Waals surface area (Å²) in [7, 11) is -3.63. The summed E-state index contributed by atoms with van der Waals surface area (Å²) in [6.07, 6.45) is 0.204. The standard InChI is InChI=1S/C15H13ClN2O3S/c16-12-3-1-10(2-4-12)9-17-22(20,21)13-5-6-14-11(7-13)8-15(19)18-14/h1-7,17H,8-9H2,(H,18,19). The van der Waals surface area contributed by atoms with Crippen molar-refractivity contribution < 1.29 is 13.2 Å². The van der Waals surface area contributed by atoms with Gasteiger partial charge in [0, 0.05) is 17.3 Å². The van der Waals surface area contributed by atoms with E-state index in [4.69, 9.17) is 11.6 Å². The molecule has 0 spiro atoms. The normalized spacial score (nSPS) is 13.8. The van der Waals surface area contributed by atoms with Gasteiger partial charge in [-0.05, 0) is 41.5 Å². The van der Waals surface area contributed by atoms with Gasteiger partial charge in [0.15, 0.2) is 0 Å². The van der Waals surface area contributed by atoms with Crippen LogP contribution in [0.4, 0.5) is 5.69 Å². The van der Waals surface area contributed by atoms with Crippen LogP contribution in [0.3, 0.4) is 0 Å². The first-order valence-electron chi connectivity index (χ1n) is 6.61. The van der Waals surface area contributed by atoms with E-state index in [0.29, 0.717) is 16.3 Å². The Bertz CT molecular complexity index is 832. The topological polar surface area (TPSA) is 75.3 Å². The first kappa shape index (κ1) is 15.0. The second-order valence-electron chi connectivity index (χ2n) is 4.99. The Morgan fingerprint density at radius 1 is 1.14 bits per heavy atom. The van der Waals surface area contributed by atoms with Crippen molar-refractivity contribution in [2.45, 2.75) is 17.9 Å². The lowest BCUT2D eigenvalue weighted by Crippen LogP contribution is -2.23. The van der Waals surface area contributed by atoms with E-state index < -0.39 is 10.0 Å². The van der Waals surface area contributed by atoms with E-state index in [2.05, 4.69) is 10.0 Å². The van der Waals surface area contributed by atoms with Crippen LogP contribution in [0.1, 0.15) is 11.1 Å². The van der Waals surface area contributed by atoms with E-state index >= 15 is 0 Å². The quantitative estimate of drug-likeness (QED) is 0.899. The Kier molecular flexibility index (Phi) is 3.90. The number of nitrogens with one attached hydrogen (secondary N) is 2. The van der Waals surface area contributed by atoms with E-state index in [9.17, 15) is 13.2 Å². The van der Waals surface area contributed by atoms with Crippen LogP contribution in [0.5, 0.6) is 0 Å². The van der Waals surface area contributed by atoms with Crippen LogP contribution in [0, 0.1) is 0 Å². The molecule has 2 aromatic carbocycles. The fraction of sp³-hybridized carbons (Fsp3) is 0.133. The predicted molar refractivity (Wildman–Crippen MR) is 84.3 cm³/mol. The molecule has 5 nitrogen and oxygen atoms in total. The van der Waals surface area contributed by atoms with Gasteiger partial charge in [-0.25, -0.2) is 13.1 Å². The number of carbonyl (C=O) groups is 1. The number of halogens is 1. The van der Waals surface area contributed by atoms with Crippen LogP contribution in [0.15, 0.2) is 47.4 Å². The van der Waals surface area contributed by atoms with Crippen molar-refractivity contribution in [1.82, 2.24) is 4.72 Å². The molecule has 0 unspecified atom stereocenters. The van der Waals surface area contributed by atoms with E-state index in [1.54, 1.807) is 30.3 Å². The Morgan fingerprint density at radius 2 is 1.86 bits per heavy atom. The average Bonchev–Trinajstić information content (AvgIpc) is 2.86. The summed E-state index contributed by atoms with van der Waals surface area (Å²) >= 11 is 5.79. The summed E-state index contributed by atoms with van der Waals surface area (Å²) in [6, 6.07) is 11.5. The summed E-state index contributed by atoms with van der Waals surface area (Å²) in [5, 5.41) is 3.27. The molecule has 0 atom stereocenters. The monoisotopic (exact) mass is 336 g/mol. The minimum atomic E-state index is -3.63. The predicted octanol–water partition coefficient (Wildman–Crippen LogP) is 2.31. The van der Waals surface area contributed by atoms with E-state index in [1.165, 1.54) is 12.1 Å². The first-order chi connectivity index (χ1) is 10.4. The van der Waals surface area contributed by atoms with Crippen molar-refractivity contribution in [2.75, 3.05) is 5.32 Å². The third kappa shape index (κ3) is 3.14. The number of fused-ring (bicyclic) bond motifs is 1. The molecule has 0 fully saturated rings. The lowest BCUT2D eigenvalue weighted by Gasteiger charge is -2.08. The molecule has 1 aliphatic heterocycles. The average molecular weight is 337 g/mol. The molecule has 1 heterocycles. The van der Waals surface area contributed by atoms with Crippen LogP contribution in [0.2, 0.25) is 5.02 Å². The number of carbonyl (C=O) groups excluding carboxylic acids is 1. The fourth-order valence-corrected chi connectivity index (χ4v) is 3.43. The Hall–Kier alpha value is -1.89. The molecule has 22 heavy (non-hydrogen) atoms. The summed E-state index contributed by atoms with van der Waals surface area (Å²) < 4.78 is 27.2. The number of hydrogen-bond donors (Lipinski definition) is 2. The Balaban J connectivity index is 1.77. The van der Waals surface area contributed by atoms with Gasteiger partial charge in [-0.2, -0.15) is 0 Å². The fourth-order valence-electron chi connectivity index (χ4n) is 2.24. The lowest BCUT2D eigenvalue weighted by molar-refractivity contribution is -0.115. The van der Waals surface area contributed by atoms with Crippen molar-refractivity contribution in [3.8, 4) is 0 Å². The number of amides is 1. The summed E-state index contributed by atoms with van der Waals surface area (Å²) in [6.45, 7) is 0.174. The number of anilines is 1. The van der Waals surface area contributed by atoms with Gasteiger partial charge in [0.2, 0.25) is 15.9 Å². The highest BCUT2D eigenvalue weighted by Gasteiger charge is 2.21. The lowest BCUT2D eigenvalue weighted by atomic mass is 10.2. The van der Waals surface area contributed by atoms with Gasteiger partial charge in [0.25, 0.3) is 0 Å². The second kappa shape index (κ2) is 5.72. The largest absolute Gasteiger partial charge is 0.326 e. The number of rotatable bonds is 4. The van der Waals surface area contributed by atoms with E-state index in [1.807, 2.05) is 0 Å². The number of sulfonamides is 1. The molecule has 0 radical (unpaired) electrons. The number of hydrogen-bond acceptors (Lipinski definition) is 3. The molecule has 3 rings (SSSR count). The molecule has 0 bridgehead atoms. The third-order valence-corrected chi connectivity index (χ3v) is 5.04. The van der Waals surface area contributed by atoms with Gasteiger partial charge < -0.3 is 5.32 Å². The van der Waals surface area contributed by atoms with Gasteiger partial charge in [-0.1, -0.05) is 23.7 Å². The van der Waals surface area contributed by atoms with Gasteiger partial charge in [-0.3, -0.25) is 4.79 Å². The van der Waals surface area contributed by atoms with Crippen molar-refractivity contribution >= 4 is 33.2 Å². The third-order valence-electron chi connectivity index (χ3n) is 3.39. The van der Waals surface area contributed by atoms with Crippen molar-refractivity contribution in [3.05, 3.63) is 58.6 Å². The van der Waals surface area contributed by atoms with Gasteiger partial charge in [0.1, 0.15) is 0 Å². The minimum Gasteiger partial charge on any atom is -0.326 e. The Labute approximate surface area is 133 Å². The van der Waals surface area contributed by atoms with Crippen LogP contribution >= 0.6 is 11.6 Å². The van der Waals surface area contributed by atoms with Crippen LogP contribution in [-0.2, 0) is 27.8 Å². The van der Waals surface area contributed by atoms with Gasteiger partial charge in [-0.15, -0.1) is 0 Å². The molecular weight excluding hydrogens is 324 g/mol. The van der Waals surface area contributed by atoms with Crippen molar-refractivity contribution in [2.24, 2.45) is 0 Å². The first-order valence-corrected chi connectivity index (χ1v) is 8.47. The summed E-state index contributed by atoms with van der Waals surface area (Å²) in [5.74, 6) is -0.126. The second-order valence-corrected chi connectivity index (χ2v) is 7.20. The summed E-state index contributed by atoms with van der Waals surface area (Å²) in [4.78, 5) is 11.5. The molecule has 1 aliphatic rings. The smallest absolute Gasteiger partial charge is 0.240 e. The molecule has 7 heteroatoms. The highest BCUT2D eigenvalue weighted by Crippen LogP contribution is 2.25. The number of benzene rings is 2. The molecule has 1 amide bonds. The summed E-state index contributed by atoms with van der Waals surface area (Å²) in [5.41, 5.74) is 2.17. The van der Waals surface area contributed by atoms with Gasteiger partial charge >= 0.3 is 0 Å². The zero-order valence-electron chi connectivity index (χ0n) is 11.5. The zero-order valence-corrected chi connectivity index (χ0v) is 13.0. The highest BCUT2D eigenvalue weighted by molar-refractivity contribution is 7.89. The molecule has 0 saturated heterocycles. The van der Waals surface area contributed by atoms with Crippen LogP contribution < -0.4 is 10.0 Å². The van der Waals surface area contributed by atoms with E-state index in [0.717, 1.165) is 5.56 Å². The zero-order chi connectivity index (χ0) is 15.7. The molecule has 2 N–H and O–H groups in total. The maximum Gasteiger partial charge on any atom is 0.240 e. The highest BCUT2D eigenvalue weighted by atomic mass is 35.5. The molecule has 0 saturated carbocycles. The van der Waals surface area contributed by atoms with E-state index in [-0.39, 0.29) is 23.8 Å². The van der Waals surface area contributed by atoms with Crippen molar-refractivity contribution in [1.29, 1.82) is 0 Å². The molecular formula is C15H13ClN2O3S. The van der Waals surface area contributed by atoms with Crippen molar-refractivity contribution in [3.63, 3.8) is 0 Å². The molecule has 114 valence electrons.